The zero-order valence-electron chi connectivity index (χ0n) is 12.8. The Labute approximate surface area is 127 Å². The second kappa shape index (κ2) is 10.1. The topological polar surface area (TPSA) is 83.2 Å². The number of rotatable bonds is 8. The minimum absolute atomic E-state index is 0.0348. The molecule has 6 nitrogen and oxygen atoms in total. The van der Waals surface area contributed by atoms with Gasteiger partial charge in [0, 0.05) is 13.1 Å². The van der Waals surface area contributed by atoms with Gasteiger partial charge in [-0.15, -0.1) is 0 Å². The van der Waals surface area contributed by atoms with Gasteiger partial charge in [0.2, 0.25) is 5.91 Å². The van der Waals surface area contributed by atoms with Crippen LogP contribution in [-0.2, 0) is 4.79 Å². The van der Waals surface area contributed by atoms with E-state index in [-0.39, 0.29) is 5.91 Å². The van der Waals surface area contributed by atoms with E-state index in [2.05, 4.69) is 22.4 Å². The van der Waals surface area contributed by atoms with Crippen LogP contribution >= 0.6 is 0 Å². The third kappa shape index (κ3) is 6.57. The van der Waals surface area contributed by atoms with Crippen molar-refractivity contribution in [3.05, 3.63) is 0 Å². The number of nitrogens with one attached hydrogen (secondary N) is 1. The fourth-order valence-corrected chi connectivity index (χ4v) is 2.66. The van der Waals surface area contributed by atoms with E-state index >= 15 is 0 Å². The normalized spacial score (nSPS) is 16.1. The second-order valence-corrected chi connectivity index (χ2v) is 5.47. The van der Waals surface area contributed by atoms with Gasteiger partial charge >= 0.3 is 0 Å². The predicted molar refractivity (Wildman–Crippen MR) is 80.1 cm³/mol. The highest BCUT2D eigenvalue weighted by Gasteiger charge is 2.22. The molecule has 6 heteroatoms. The van der Waals surface area contributed by atoms with Gasteiger partial charge in [0.15, 0.2) is 0 Å². The summed E-state index contributed by atoms with van der Waals surface area (Å²) in [5.74, 6) is 0.738. The van der Waals surface area contributed by atoms with Crippen LogP contribution in [0.4, 0.5) is 0 Å². The van der Waals surface area contributed by atoms with E-state index in [4.69, 9.17) is 10.5 Å². The summed E-state index contributed by atoms with van der Waals surface area (Å²) in [5.41, 5.74) is 0. The van der Waals surface area contributed by atoms with E-state index < -0.39 is 0 Å². The van der Waals surface area contributed by atoms with Gasteiger partial charge in [0.05, 0.1) is 31.5 Å². The summed E-state index contributed by atoms with van der Waals surface area (Å²) in [6.07, 6.45) is 2.87. The van der Waals surface area contributed by atoms with Gasteiger partial charge < -0.3 is 10.2 Å². The number of carbonyl (C=O) groups excluding carboxylic acids is 1. The lowest BCUT2D eigenvalue weighted by molar-refractivity contribution is -0.132. The first-order valence-electron chi connectivity index (χ1n) is 7.60. The van der Waals surface area contributed by atoms with Crippen LogP contribution in [0, 0.1) is 28.6 Å². The summed E-state index contributed by atoms with van der Waals surface area (Å²) in [7, 11) is 1.97. The van der Waals surface area contributed by atoms with Crippen LogP contribution in [0.5, 0.6) is 0 Å². The van der Waals surface area contributed by atoms with Gasteiger partial charge in [-0.3, -0.25) is 9.69 Å². The van der Waals surface area contributed by atoms with Gasteiger partial charge in [-0.1, -0.05) is 0 Å². The molecule has 1 N–H and O–H groups in total. The van der Waals surface area contributed by atoms with Crippen molar-refractivity contribution in [1.82, 2.24) is 15.1 Å². The van der Waals surface area contributed by atoms with Gasteiger partial charge in [-0.05, 0) is 45.4 Å². The molecule has 1 saturated heterocycles. The Morgan fingerprint density at radius 1 is 1.24 bits per heavy atom. The highest BCUT2D eigenvalue weighted by atomic mass is 16.2. The largest absolute Gasteiger partial charge is 0.340 e. The quantitative estimate of drug-likeness (QED) is 0.707. The molecule has 1 amide bonds. The van der Waals surface area contributed by atoms with Crippen molar-refractivity contribution in [1.29, 1.82) is 10.5 Å². The lowest BCUT2D eigenvalue weighted by Gasteiger charge is -2.32. The van der Waals surface area contributed by atoms with Crippen molar-refractivity contribution in [2.24, 2.45) is 5.92 Å². The molecule has 0 unspecified atom stereocenters. The van der Waals surface area contributed by atoms with Gasteiger partial charge in [0.1, 0.15) is 0 Å². The maximum absolute atomic E-state index is 12.3. The molecule has 21 heavy (non-hydrogen) atoms. The van der Waals surface area contributed by atoms with Crippen LogP contribution in [0.3, 0.4) is 0 Å². The van der Waals surface area contributed by atoms with Crippen molar-refractivity contribution in [2.75, 3.05) is 46.3 Å². The number of amides is 1. The summed E-state index contributed by atoms with van der Waals surface area (Å²) in [5, 5.41) is 20.5. The smallest absolute Gasteiger partial charge is 0.236 e. The molecule has 0 aromatic carbocycles. The number of nitrogens with zero attached hydrogens (tertiary/aromatic N) is 4. The van der Waals surface area contributed by atoms with Crippen molar-refractivity contribution >= 4 is 5.91 Å². The summed E-state index contributed by atoms with van der Waals surface area (Å²) < 4.78 is 0. The zero-order valence-corrected chi connectivity index (χ0v) is 12.8. The SMILES string of the molecule is CNCC1CCN(CC(=O)N(CCC#N)CCC#N)CC1. The molecule has 0 spiro atoms. The first kappa shape index (κ1) is 17.4. The van der Waals surface area contributed by atoms with Crippen LogP contribution in [0.1, 0.15) is 25.7 Å². The maximum atomic E-state index is 12.3. The fraction of sp³-hybridized carbons (Fsp3) is 0.800. The van der Waals surface area contributed by atoms with Crippen LogP contribution < -0.4 is 5.32 Å². The van der Waals surface area contributed by atoms with Gasteiger partial charge in [-0.25, -0.2) is 0 Å². The van der Waals surface area contributed by atoms with Crippen LogP contribution in [-0.4, -0.2) is 62.0 Å². The minimum Gasteiger partial charge on any atom is -0.340 e. The molecule has 116 valence electrons. The lowest BCUT2D eigenvalue weighted by atomic mass is 9.97. The average molecular weight is 291 g/mol. The Morgan fingerprint density at radius 3 is 2.29 bits per heavy atom. The molecule has 0 atom stereocenters. The number of piperidine rings is 1. The Kier molecular flexibility index (Phi) is 8.42. The number of likely N-dealkylation sites (tertiary alicyclic amines) is 1. The molecule has 1 aliphatic heterocycles. The van der Waals surface area contributed by atoms with Crippen molar-refractivity contribution in [3.63, 3.8) is 0 Å². The number of nitriles is 2. The Balaban J connectivity index is 2.39. The Hall–Kier alpha value is -1.63. The molecule has 1 fully saturated rings. The van der Waals surface area contributed by atoms with E-state index in [1.165, 1.54) is 0 Å². The number of carbonyl (C=O) groups is 1. The maximum Gasteiger partial charge on any atom is 0.236 e. The van der Waals surface area contributed by atoms with Crippen molar-refractivity contribution in [3.8, 4) is 12.1 Å². The molecule has 0 aliphatic carbocycles. The van der Waals surface area contributed by atoms with E-state index in [0.717, 1.165) is 32.5 Å². The standard InChI is InChI=1S/C15H25N5O/c1-18-12-14-4-10-19(11-5-14)13-15(21)20(8-2-6-16)9-3-7-17/h14,18H,2-5,8-13H2,1H3. The van der Waals surface area contributed by atoms with Crippen LogP contribution in [0.2, 0.25) is 0 Å². The molecule has 0 radical (unpaired) electrons. The van der Waals surface area contributed by atoms with E-state index in [9.17, 15) is 4.79 Å². The van der Waals surface area contributed by atoms with E-state index in [0.29, 0.717) is 38.4 Å². The van der Waals surface area contributed by atoms with E-state index in [1.807, 2.05) is 7.05 Å². The molecule has 0 aromatic heterocycles. The zero-order chi connectivity index (χ0) is 15.5. The highest BCUT2D eigenvalue weighted by molar-refractivity contribution is 5.78. The second-order valence-electron chi connectivity index (χ2n) is 5.47. The van der Waals surface area contributed by atoms with Crippen molar-refractivity contribution < 1.29 is 4.79 Å². The van der Waals surface area contributed by atoms with Crippen LogP contribution in [0.15, 0.2) is 0 Å². The fourth-order valence-electron chi connectivity index (χ4n) is 2.66. The van der Waals surface area contributed by atoms with Crippen LogP contribution in [0.25, 0.3) is 0 Å². The van der Waals surface area contributed by atoms with E-state index in [1.54, 1.807) is 4.90 Å². The third-order valence-corrected chi connectivity index (χ3v) is 3.90. The first-order valence-corrected chi connectivity index (χ1v) is 7.60. The number of hydrogen-bond donors (Lipinski definition) is 1. The summed E-state index contributed by atoms with van der Waals surface area (Å²) in [6.45, 7) is 4.19. The van der Waals surface area contributed by atoms with Gasteiger partial charge in [-0.2, -0.15) is 10.5 Å². The summed E-state index contributed by atoms with van der Waals surface area (Å²) >= 11 is 0. The third-order valence-electron chi connectivity index (χ3n) is 3.90. The molecular weight excluding hydrogens is 266 g/mol. The molecule has 0 saturated carbocycles. The summed E-state index contributed by atoms with van der Waals surface area (Å²) in [6, 6.07) is 4.11. The first-order chi connectivity index (χ1) is 10.2. The highest BCUT2D eigenvalue weighted by Crippen LogP contribution is 2.16. The molecule has 0 bridgehead atoms. The lowest BCUT2D eigenvalue weighted by Crippen LogP contribution is -2.44. The van der Waals surface area contributed by atoms with Crippen molar-refractivity contribution in [2.45, 2.75) is 25.7 Å². The molecule has 1 rings (SSSR count). The number of hydrogen-bond acceptors (Lipinski definition) is 5. The monoisotopic (exact) mass is 291 g/mol. The minimum atomic E-state index is 0.0348. The molecule has 1 aliphatic rings. The average Bonchev–Trinajstić information content (AvgIpc) is 2.49. The predicted octanol–water partition coefficient (Wildman–Crippen LogP) is 0.574. The molecular formula is C15H25N5O. The Bertz CT molecular complexity index is 372. The summed E-state index contributed by atoms with van der Waals surface area (Å²) in [4.78, 5) is 16.1. The molecule has 0 aromatic rings. The Morgan fingerprint density at radius 2 is 1.81 bits per heavy atom. The molecule has 1 heterocycles. The van der Waals surface area contributed by atoms with Gasteiger partial charge in [0.25, 0.3) is 0 Å².